The lowest BCUT2D eigenvalue weighted by molar-refractivity contribution is 0.00693. The van der Waals surface area contributed by atoms with Crippen LogP contribution in [0.2, 0.25) is 0 Å². The highest BCUT2D eigenvalue weighted by atomic mass is 32.1. The Labute approximate surface area is 242 Å². The van der Waals surface area contributed by atoms with Gasteiger partial charge in [0.2, 0.25) is 0 Å². The molecule has 0 radical (unpaired) electrons. The van der Waals surface area contributed by atoms with Crippen LogP contribution in [0.25, 0.3) is 26.0 Å². The van der Waals surface area contributed by atoms with Crippen LogP contribution in [0.4, 0.5) is 25.0 Å². The summed E-state index contributed by atoms with van der Waals surface area (Å²) in [7, 11) is 0. The summed E-state index contributed by atoms with van der Waals surface area (Å²) in [5, 5.41) is 3.69. The number of benzene rings is 2. The van der Waals surface area contributed by atoms with Crippen LogP contribution in [0.1, 0.15) is 23.3 Å². The zero-order chi connectivity index (χ0) is 28.0. The molecule has 41 heavy (non-hydrogen) atoms. The van der Waals surface area contributed by atoms with Gasteiger partial charge in [-0.3, -0.25) is 4.90 Å². The number of amides is 1. The van der Waals surface area contributed by atoms with Crippen molar-refractivity contribution in [2.45, 2.75) is 25.0 Å². The zero-order valence-electron chi connectivity index (χ0n) is 21.7. The average Bonchev–Trinajstić information content (AvgIpc) is 3.72. The Morgan fingerprint density at radius 3 is 2.78 bits per heavy atom. The molecule has 2 aromatic carbocycles. The zero-order valence-corrected chi connectivity index (χ0v) is 23.4. The van der Waals surface area contributed by atoms with Gasteiger partial charge in [-0.25, -0.2) is 23.5 Å². The molecule has 1 N–H and O–H groups in total. The van der Waals surface area contributed by atoms with Crippen LogP contribution in [0, 0.1) is 11.6 Å². The van der Waals surface area contributed by atoms with Crippen molar-refractivity contribution in [1.29, 1.82) is 0 Å². The van der Waals surface area contributed by atoms with Gasteiger partial charge in [-0.05, 0) is 42.2 Å². The first kappa shape index (κ1) is 26.0. The van der Waals surface area contributed by atoms with E-state index in [0.29, 0.717) is 47.8 Å². The molecule has 0 bridgehead atoms. The van der Waals surface area contributed by atoms with Crippen LogP contribution in [-0.2, 0) is 16.1 Å². The molecule has 3 aromatic heterocycles. The highest BCUT2D eigenvalue weighted by molar-refractivity contribution is 7.19. The normalized spacial score (nSPS) is 16.4. The molecule has 7 rings (SSSR count). The standard InChI is InChI=1S/C30H24F2N4O3S2/c31-21-15-24-27(34-17-40-24)25(32)26(21)35-22-6-10-33-28-19(22)14-23(41-28)20-7-11-36(30(20)8-12-38-13-9-30)29(37)39-16-18-4-2-1-3-5-18/h1-7,10,14-15,17H,8-9,11-13,16H2,(H,33,35). The number of nitrogens with zero attached hydrogens (tertiary/aromatic N) is 3. The van der Waals surface area contributed by atoms with Gasteiger partial charge >= 0.3 is 6.09 Å². The third-order valence-corrected chi connectivity index (χ3v) is 9.57. The Morgan fingerprint density at radius 2 is 1.95 bits per heavy atom. The van der Waals surface area contributed by atoms with Gasteiger partial charge in [-0.15, -0.1) is 22.7 Å². The van der Waals surface area contributed by atoms with Crippen molar-refractivity contribution in [3.05, 3.63) is 88.4 Å². The number of pyridine rings is 1. The Bertz CT molecular complexity index is 1800. The van der Waals surface area contributed by atoms with Crippen molar-refractivity contribution in [3.63, 3.8) is 0 Å². The second-order valence-electron chi connectivity index (χ2n) is 9.97. The fourth-order valence-corrected chi connectivity index (χ4v) is 7.54. The maximum atomic E-state index is 15.2. The number of nitrogens with one attached hydrogen (secondary N) is 1. The summed E-state index contributed by atoms with van der Waals surface area (Å²) in [4.78, 5) is 25.4. The number of rotatable bonds is 5. The van der Waals surface area contributed by atoms with Crippen molar-refractivity contribution in [2.75, 3.05) is 25.1 Å². The molecule has 2 aliphatic heterocycles. The second kappa shape index (κ2) is 10.5. The fourth-order valence-electron chi connectivity index (χ4n) is 5.68. The number of anilines is 2. The van der Waals surface area contributed by atoms with E-state index in [4.69, 9.17) is 9.47 Å². The van der Waals surface area contributed by atoms with Crippen LogP contribution >= 0.6 is 22.7 Å². The minimum atomic E-state index is -0.731. The number of aromatic nitrogens is 2. The second-order valence-corrected chi connectivity index (χ2v) is 11.9. The molecule has 208 valence electrons. The van der Waals surface area contributed by atoms with Gasteiger partial charge in [0, 0.05) is 36.2 Å². The lowest BCUT2D eigenvalue weighted by Crippen LogP contribution is -2.52. The summed E-state index contributed by atoms with van der Waals surface area (Å²) >= 11 is 2.67. The van der Waals surface area contributed by atoms with Crippen molar-refractivity contribution >= 4 is 66.1 Å². The average molecular weight is 591 g/mol. The largest absolute Gasteiger partial charge is 0.445 e. The predicted octanol–water partition coefficient (Wildman–Crippen LogP) is 7.51. The van der Waals surface area contributed by atoms with E-state index in [2.05, 4.69) is 21.4 Å². The Kier molecular flexibility index (Phi) is 6.64. The van der Waals surface area contributed by atoms with Gasteiger partial charge < -0.3 is 14.8 Å². The maximum Gasteiger partial charge on any atom is 0.411 e. The number of halogens is 2. The molecule has 1 saturated heterocycles. The first-order valence-electron chi connectivity index (χ1n) is 13.2. The Balaban J connectivity index is 1.20. The molecule has 1 spiro atoms. The molecule has 7 nitrogen and oxygen atoms in total. The molecule has 0 atom stereocenters. The molecule has 5 heterocycles. The molecule has 1 amide bonds. The number of carbonyl (C=O) groups is 1. The van der Waals surface area contributed by atoms with Crippen LogP contribution in [-0.4, -0.2) is 46.3 Å². The molecular formula is C30H24F2N4O3S2. The van der Waals surface area contributed by atoms with Crippen LogP contribution < -0.4 is 5.32 Å². The van der Waals surface area contributed by atoms with Crippen molar-refractivity contribution in [2.24, 2.45) is 0 Å². The monoisotopic (exact) mass is 590 g/mol. The molecule has 2 aliphatic rings. The van der Waals surface area contributed by atoms with Gasteiger partial charge in [-0.2, -0.15) is 0 Å². The van der Waals surface area contributed by atoms with E-state index < -0.39 is 17.2 Å². The Hall–Kier alpha value is -3.93. The highest BCUT2D eigenvalue weighted by Gasteiger charge is 2.48. The summed E-state index contributed by atoms with van der Waals surface area (Å²) < 4.78 is 42.0. The third-order valence-electron chi connectivity index (χ3n) is 7.72. The lowest BCUT2D eigenvalue weighted by atomic mass is 9.82. The van der Waals surface area contributed by atoms with Gasteiger partial charge in [0.15, 0.2) is 11.6 Å². The van der Waals surface area contributed by atoms with Crippen molar-refractivity contribution < 1.29 is 23.0 Å². The van der Waals surface area contributed by atoms with Crippen LogP contribution in [0.3, 0.4) is 0 Å². The number of thiophene rings is 1. The van der Waals surface area contributed by atoms with Gasteiger partial charge in [0.25, 0.3) is 0 Å². The quantitative estimate of drug-likeness (QED) is 0.228. The molecule has 0 aliphatic carbocycles. The molecule has 0 saturated carbocycles. The fraction of sp³-hybridized carbons (Fsp3) is 0.233. The van der Waals surface area contributed by atoms with Gasteiger partial charge in [0.05, 0.1) is 21.4 Å². The van der Waals surface area contributed by atoms with E-state index in [-0.39, 0.29) is 23.9 Å². The first-order valence-corrected chi connectivity index (χ1v) is 14.9. The lowest BCUT2D eigenvalue weighted by Gasteiger charge is -2.42. The molecule has 11 heteroatoms. The summed E-state index contributed by atoms with van der Waals surface area (Å²) in [5.74, 6) is -1.42. The van der Waals surface area contributed by atoms with Crippen LogP contribution in [0.15, 0.2) is 66.3 Å². The summed E-state index contributed by atoms with van der Waals surface area (Å²) in [6, 6.07) is 14.6. The minimum absolute atomic E-state index is 0.131. The van der Waals surface area contributed by atoms with E-state index in [0.717, 1.165) is 21.4 Å². The number of thiazole rings is 1. The summed E-state index contributed by atoms with van der Waals surface area (Å²) in [6.07, 6.45) is 4.59. The molecule has 5 aromatic rings. The van der Waals surface area contributed by atoms with Crippen LogP contribution in [0.5, 0.6) is 0 Å². The Morgan fingerprint density at radius 1 is 1.12 bits per heavy atom. The van der Waals surface area contributed by atoms with Crippen molar-refractivity contribution in [1.82, 2.24) is 14.9 Å². The first-order chi connectivity index (χ1) is 20.0. The summed E-state index contributed by atoms with van der Waals surface area (Å²) in [5.41, 5.74) is 3.27. The maximum absolute atomic E-state index is 15.2. The smallest absolute Gasteiger partial charge is 0.411 e. The third kappa shape index (κ3) is 4.54. The molecular weight excluding hydrogens is 566 g/mol. The number of hydrogen-bond donors (Lipinski definition) is 1. The van der Waals surface area contributed by atoms with Gasteiger partial charge in [-0.1, -0.05) is 36.4 Å². The van der Waals surface area contributed by atoms with E-state index >= 15 is 4.39 Å². The SMILES string of the molecule is O=C(OCc1ccccc1)N1CC=C(c2cc3c(Nc4c(F)cc5scnc5c4F)ccnc3s2)C12CCOCC2. The van der Waals surface area contributed by atoms with E-state index in [1.54, 1.807) is 17.2 Å². The number of ether oxygens (including phenoxy) is 2. The number of carbonyl (C=O) groups excluding carboxylic acids is 1. The number of hydrogen-bond acceptors (Lipinski definition) is 8. The van der Waals surface area contributed by atoms with Gasteiger partial charge in [0.1, 0.15) is 22.6 Å². The molecule has 0 unspecified atom stereocenters. The van der Waals surface area contributed by atoms with E-state index in [1.165, 1.54) is 34.3 Å². The minimum Gasteiger partial charge on any atom is -0.445 e. The van der Waals surface area contributed by atoms with Crippen molar-refractivity contribution in [3.8, 4) is 0 Å². The predicted molar refractivity (Wildman–Crippen MR) is 157 cm³/mol. The topological polar surface area (TPSA) is 76.6 Å². The molecule has 1 fully saturated rings. The highest BCUT2D eigenvalue weighted by Crippen LogP contribution is 2.48. The summed E-state index contributed by atoms with van der Waals surface area (Å²) in [6.45, 7) is 1.65. The van der Waals surface area contributed by atoms with E-state index in [9.17, 15) is 9.18 Å². The van der Waals surface area contributed by atoms with E-state index in [1.807, 2.05) is 36.4 Å². The number of fused-ring (bicyclic) bond motifs is 2.